The lowest BCUT2D eigenvalue weighted by molar-refractivity contribution is -0.121. The molecule has 28 heavy (non-hydrogen) atoms. The number of imidazole rings is 1. The number of benzene rings is 1. The molecule has 0 unspecified atom stereocenters. The molecule has 8 heteroatoms. The molecule has 0 aliphatic carbocycles. The second-order valence-corrected chi connectivity index (χ2v) is 7.10. The first-order valence-corrected chi connectivity index (χ1v) is 9.31. The Kier molecular flexibility index (Phi) is 5.94. The molecular formula is C20H22ClN5O2. The minimum absolute atomic E-state index is 0.170. The van der Waals surface area contributed by atoms with E-state index in [1.54, 1.807) is 32.2 Å². The van der Waals surface area contributed by atoms with E-state index in [1.165, 1.54) is 0 Å². The van der Waals surface area contributed by atoms with Gasteiger partial charge in [0.2, 0.25) is 5.91 Å². The highest BCUT2D eigenvalue weighted by Gasteiger charge is 2.21. The molecule has 0 aliphatic rings. The van der Waals surface area contributed by atoms with Crippen molar-refractivity contribution in [3.05, 3.63) is 80.5 Å². The molecule has 3 aromatic rings. The van der Waals surface area contributed by atoms with Crippen LogP contribution in [0, 0.1) is 13.8 Å². The van der Waals surface area contributed by atoms with E-state index in [9.17, 15) is 9.59 Å². The third-order valence-corrected chi connectivity index (χ3v) is 4.82. The van der Waals surface area contributed by atoms with Crippen LogP contribution >= 0.6 is 11.6 Å². The monoisotopic (exact) mass is 399 g/mol. The Balaban J connectivity index is 1.78. The Morgan fingerprint density at radius 1 is 1.29 bits per heavy atom. The van der Waals surface area contributed by atoms with Crippen LogP contribution in [0.3, 0.4) is 0 Å². The van der Waals surface area contributed by atoms with Gasteiger partial charge in [0.05, 0.1) is 0 Å². The number of nitrogens with zero attached hydrogens (tertiary/aromatic N) is 3. The molecule has 7 nitrogen and oxygen atoms in total. The molecule has 0 radical (unpaired) electrons. The summed E-state index contributed by atoms with van der Waals surface area (Å²) in [6.07, 6.45) is 3.99. The second kappa shape index (κ2) is 8.39. The molecule has 0 saturated carbocycles. The average Bonchev–Trinajstić information content (AvgIpc) is 3.05. The smallest absolute Gasteiger partial charge is 0.254 e. The molecule has 0 fully saturated rings. The lowest BCUT2D eigenvalue weighted by atomic mass is 10.0. The van der Waals surface area contributed by atoms with Gasteiger partial charge < -0.3 is 14.9 Å². The van der Waals surface area contributed by atoms with Crippen molar-refractivity contribution in [2.24, 2.45) is 7.05 Å². The Labute approximate surface area is 167 Å². The van der Waals surface area contributed by atoms with Crippen LogP contribution in [0.25, 0.3) is 0 Å². The van der Waals surface area contributed by atoms with E-state index in [4.69, 9.17) is 11.6 Å². The van der Waals surface area contributed by atoms with Crippen molar-refractivity contribution in [1.29, 1.82) is 0 Å². The fraction of sp³-hybridized carbons (Fsp3) is 0.300. The van der Waals surface area contributed by atoms with Crippen molar-refractivity contribution in [3.8, 4) is 0 Å². The number of rotatable bonds is 6. The Hall–Kier alpha value is -2.93. The van der Waals surface area contributed by atoms with Gasteiger partial charge in [-0.2, -0.15) is 0 Å². The number of nitrogens with one attached hydrogen (secondary N) is 2. The summed E-state index contributed by atoms with van der Waals surface area (Å²) in [4.78, 5) is 36.1. The molecule has 146 valence electrons. The van der Waals surface area contributed by atoms with Crippen LogP contribution in [-0.2, 0) is 18.3 Å². The highest BCUT2D eigenvalue weighted by atomic mass is 35.5. The zero-order chi connectivity index (χ0) is 20.3. The van der Waals surface area contributed by atoms with Gasteiger partial charge in [-0.25, -0.2) is 9.97 Å². The highest BCUT2D eigenvalue weighted by Crippen LogP contribution is 2.22. The number of carbonyl (C=O) groups excluding carboxylic acids is 1. The van der Waals surface area contributed by atoms with Crippen molar-refractivity contribution in [2.75, 3.05) is 0 Å². The van der Waals surface area contributed by atoms with E-state index in [0.29, 0.717) is 34.3 Å². The number of amides is 1. The zero-order valence-electron chi connectivity index (χ0n) is 16.0. The molecular weight excluding hydrogens is 378 g/mol. The molecule has 0 saturated heterocycles. The number of H-pyrrole nitrogens is 1. The standard InChI is InChI=1S/C20H22ClN5O2/c1-12-16(20(28)24-13(2)23-12)8-9-17(27)25-18(19-22-10-11-26(19)3)14-4-6-15(21)7-5-14/h4-7,10-11,18H,8-9H2,1-3H3,(H,25,27)(H,23,24,28)/t18-/m1/s1. The summed E-state index contributed by atoms with van der Waals surface area (Å²) in [5.74, 6) is 1.09. The van der Waals surface area contributed by atoms with Crippen molar-refractivity contribution >= 4 is 17.5 Å². The van der Waals surface area contributed by atoms with Crippen LogP contribution in [0.5, 0.6) is 0 Å². The summed E-state index contributed by atoms with van der Waals surface area (Å²) in [6.45, 7) is 3.51. The molecule has 2 N–H and O–H groups in total. The van der Waals surface area contributed by atoms with Gasteiger partial charge in [-0.05, 0) is 38.0 Å². The SMILES string of the molecule is Cc1nc(C)c(CCC(=O)N[C@H](c2ccc(Cl)cc2)c2nccn2C)c(=O)[nH]1. The molecule has 1 aromatic carbocycles. The van der Waals surface area contributed by atoms with Crippen LogP contribution in [0.4, 0.5) is 0 Å². The van der Waals surface area contributed by atoms with Crippen LogP contribution in [0.1, 0.15) is 40.9 Å². The maximum absolute atomic E-state index is 12.7. The molecule has 0 bridgehead atoms. The average molecular weight is 400 g/mol. The first-order valence-electron chi connectivity index (χ1n) is 8.93. The van der Waals surface area contributed by atoms with E-state index in [0.717, 1.165) is 5.56 Å². The van der Waals surface area contributed by atoms with E-state index in [2.05, 4.69) is 20.3 Å². The lowest BCUT2D eigenvalue weighted by Gasteiger charge is -2.19. The van der Waals surface area contributed by atoms with Gasteiger partial charge in [0.1, 0.15) is 17.7 Å². The maximum atomic E-state index is 12.7. The van der Waals surface area contributed by atoms with E-state index in [-0.39, 0.29) is 17.9 Å². The minimum atomic E-state index is -0.416. The molecule has 2 aromatic heterocycles. The Morgan fingerprint density at radius 3 is 2.61 bits per heavy atom. The van der Waals surface area contributed by atoms with Gasteiger partial charge >= 0.3 is 0 Å². The van der Waals surface area contributed by atoms with Crippen molar-refractivity contribution in [3.63, 3.8) is 0 Å². The minimum Gasteiger partial charge on any atom is -0.342 e. The number of aromatic amines is 1. The summed E-state index contributed by atoms with van der Waals surface area (Å²) >= 11 is 5.99. The van der Waals surface area contributed by atoms with E-state index >= 15 is 0 Å². The number of carbonyl (C=O) groups is 1. The Bertz CT molecular complexity index is 1040. The molecule has 2 heterocycles. The number of hydrogen-bond donors (Lipinski definition) is 2. The quantitative estimate of drug-likeness (QED) is 0.666. The number of hydrogen-bond acceptors (Lipinski definition) is 4. The van der Waals surface area contributed by atoms with Crippen molar-refractivity contribution < 1.29 is 4.79 Å². The molecule has 1 atom stereocenters. The lowest BCUT2D eigenvalue weighted by Crippen LogP contribution is -2.31. The Morgan fingerprint density at radius 2 is 2.00 bits per heavy atom. The van der Waals surface area contributed by atoms with E-state index < -0.39 is 6.04 Å². The number of aryl methyl sites for hydroxylation is 3. The predicted molar refractivity (Wildman–Crippen MR) is 107 cm³/mol. The largest absolute Gasteiger partial charge is 0.342 e. The normalized spacial score (nSPS) is 12.0. The summed E-state index contributed by atoms with van der Waals surface area (Å²) in [6, 6.07) is 6.86. The van der Waals surface area contributed by atoms with Gasteiger partial charge in [-0.3, -0.25) is 9.59 Å². The summed E-state index contributed by atoms with van der Waals surface area (Å²) in [5.41, 5.74) is 1.85. The van der Waals surface area contributed by atoms with Gasteiger partial charge in [0.25, 0.3) is 5.56 Å². The molecule has 1 amide bonds. The topological polar surface area (TPSA) is 92.7 Å². The van der Waals surface area contributed by atoms with Crippen LogP contribution in [-0.4, -0.2) is 25.4 Å². The molecule has 3 rings (SSSR count). The van der Waals surface area contributed by atoms with Crippen LogP contribution in [0.15, 0.2) is 41.5 Å². The molecule has 0 aliphatic heterocycles. The fourth-order valence-electron chi connectivity index (χ4n) is 3.12. The van der Waals surface area contributed by atoms with Gasteiger partial charge in [0.15, 0.2) is 0 Å². The first kappa shape index (κ1) is 19.8. The molecule has 0 spiro atoms. The van der Waals surface area contributed by atoms with Crippen molar-refractivity contribution in [1.82, 2.24) is 24.8 Å². The van der Waals surface area contributed by atoms with Gasteiger partial charge in [-0.15, -0.1) is 0 Å². The third-order valence-electron chi connectivity index (χ3n) is 4.57. The summed E-state index contributed by atoms with van der Waals surface area (Å²) in [5, 5.41) is 3.64. The maximum Gasteiger partial charge on any atom is 0.254 e. The number of halogens is 1. The van der Waals surface area contributed by atoms with Crippen LogP contribution in [0.2, 0.25) is 5.02 Å². The van der Waals surface area contributed by atoms with Gasteiger partial charge in [-0.1, -0.05) is 23.7 Å². The summed E-state index contributed by atoms with van der Waals surface area (Å²) in [7, 11) is 1.87. The van der Waals surface area contributed by atoms with Gasteiger partial charge in [0, 0.05) is 42.1 Å². The first-order chi connectivity index (χ1) is 13.3. The summed E-state index contributed by atoms with van der Waals surface area (Å²) < 4.78 is 1.86. The highest BCUT2D eigenvalue weighted by molar-refractivity contribution is 6.30. The predicted octanol–water partition coefficient (Wildman–Crippen LogP) is 2.61. The second-order valence-electron chi connectivity index (χ2n) is 6.66. The van der Waals surface area contributed by atoms with E-state index in [1.807, 2.05) is 29.9 Å². The van der Waals surface area contributed by atoms with Crippen LogP contribution < -0.4 is 10.9 Å². The van der Waals surface area contributed by atoms with Crippen molar-refractivity contribution in [2.45, 2.75) is 32.7 Å². The fourth-order valence-corrected chi connectivity index (χ4v) is 3.25. The zero-order valence-corrected chi connectivity index (χ0v) is 16.7. The third kappa shape index (κ3) is 4.48. The number of aromatic nitrogens is 4.